The van der Waals surface area contributed by atoms with E-state index in [1.165, 1.54) is 19.4 Å². The van der Waals surface area contributed by atoms with Gasteiger partial charge in [-0.1, -0.05) is 0 Å². The van der Waals surface area contributed by atoms with Crippen LogP contribution in [0.2, 0.25) is 0 Å². The molecule has 1 aliphatic heterocycles. The first kappa shape index (κ1) is 9.96. The zero-order valence-electron chi connectivity index (χ0n) is 8.10. The maximum atomic E-state index is 5.04. The molecule has 72 valence electrons. The first-order chi connectivity index (χ1) is 5.83. The van der Waals surface area contributed by atoms with Gasteiger partial charge in [-0.05, 0) is 26.3 Å². The Morgan fingerprint density at radius 2 is 2.50 bits per heavy atom. The summed E-state index contributed by atoms with van der Waals surface area (Å²) >= 11 is 0. The summed E-state index contributed by atoms with van der Waals surface area (Å²) in [6, 6.07) is 1.15. The Morgan fingerprint density at radius 3 is 3.08 bits per heavy atom. The highest BCUT2D eigenvalue weighted by molar-refractivity contribution is 4.77. The highest BCUT2D eigenvalue weighted by atomic mass is 16.5. The fourth-order valence-corrected chi connectivity index (χ4v) is 1.58. The molecule has 1 aliphatic rings. The molecule has 0 spiro atoms. The number of methoxy groups -OCH3 is 1. The Bertz CT molecular complexity index is 113. The van der Waals surface area contributed by atoms with Crippen molar-refractivity contribution in [2.24, 2.45) is 0 Å². The second kappa shape index (κ2) is 5.51. The molecule has 0 aromatic heterocycles. The minimum Gasteiger partial charge on any atom is -0.383 e. The van der Waals surface area contributed by atoms with Gasteiger partial charge < -0.3 is 15.4 Å². The molecule has 1 fully saturated rings. The lowest BCUT2D eigenvalue weighted by atomic mass is 10.2. The van der Waals surface area contributed by atoms with Crippen molar-refractivity contribution in [2.75, 3.05) is 26.8 Å². The lowest BCUT2D eigenvalue weighted by molar-refractivity contribution is 0.171. The highest BCUT2D eigenvalue weighted by Gasteiger charge is 2.13. The fraction of sp³-hybridized carbons (Fsp3) is 1.00. The number of rotatable bonds is 5. The van der Waals surface area contributed by atoms with Crippen molar-refractivity contribution < 1.29 is 4.74 Å². The Balaban J connectivity index is 1.99. The van der Waals surface area contributed by atoms with E-state index in [1.54, 1.807) is 7.11 Å². The van der Waals surface area contributed by atoms with Gasteiger partial charge in [0.15, 0.2) is 0 Å². The Kier molecular flexibility index (Phi) is 4.58. The summed E-state index contributed by atoms with van der Waals surface area (Å²) in [4.78, 5) is 0. The Morgan fingerprint density at radius 1 is 1.67 bits per heavy atom. The summed E-state index contributed by atoms with van der Waals surface area (Å²) in [7, 11) is 1.74. The van der Waals surface area contributed by atoms with Crippen molar-refractivity contribution in [1.29, 1.82) is 0 Å². The van der Waals surface area contributed by atoms with E-state index in [9.17, 15) is 0 Å². The van der Waals surface area contributed by atoms with Crippen LogP contribution in [0.1, 0.15) is 19.8 Å². The van der Waals surface area contributed by atoms with E-state index in [0.717, 1.165) is 13.2 Å². The van der Waals surface area contributed by atoms with Crippen LogP contribution in [0.5, 0.6) is 0 Å². The predicted octanol–water partition coefficient (Wildman–Crippen LogP) is 0.363. The van der Waals surface area contributed by atoms with Gasteiger partial charge in [0, 0.05) is 25.7 Å². The average Bonchev–Trinajstić information content (AvgIpc) is 2.53. The quantitative estimate of drug-likeness (QED) is 0.628. The molecule has 0 aromatic rings. The van der Waals surface area contributed by atoms with Crippen LogP contribution in [0.15, 0.2) is 0 Å². The second-order valence-corrected chi connectivity index (χ2v) is 3.56. The summed E-state index contributed by atoms with van der Waals surface area (Å²) < 4.78 is 5.04. The van der Waals surface area contributed by atoms with Crippen LogP contribution < -0.4 is 10.6 Å². The molecule has 0 radical (unpaired) electrons. The van der Waals surface area contributed by atoms with Gasteiger partial charge in [-0.25, -0.2) is 0 Å². The maximum Gasteiger partial charge on any atom is 0.0613 e. The van der Waals surface area contributed by atoms with Crippen molar-refractivity contribution in [3.05, 3.63) is 0 Å². The predicted molar refractivity (Wildman–Crippen MR) is 50.4 cm³/mol. The van der Waals surface area contributed by atoms with Crippen LogP contribution >= 0.6 is 0 Å². The topological polar surface area (TPSA) is 33.3 Å². The second-order valence-electron chi connectivity index (χ2n) is 3.56. The zero-order valence-corrected chi connectivity index (χ0v) is 8.10. The van der Waals surface area contributed by atoms with Gasteiger partial charge in [0.2, 0.25) is 0 Å². The summed E-state index contributed by atoms with van der Waals surface area (Å²) in [5.74, 6) is 0. The van der Waals surface area contributed by atoms with E-state index < -0.39 is 0 Å². The molecule has 1 heterocycles. The van der Waals surface area contributed by atoms with E-state index in [1.807, 2.05) is 0 Å². The Labute approximate surface area is 74.9 Å². The summed E-state index contributed by atoms with van der Waals surface area (Å²) in [6.07, 6.45) is 2.64. The van der Waals surface area contributed by atoms with Crippen molar-refractivity contribution >= 4 is 0 Å². The van der Waals surface area contributed by atoms with Crippen LogP contribution in [0.4, 0.5) is 0 Å². The number of nitrogens with one attached hydrogen (secondary N) is 2. The van der Waals surface area contributed by atoms with Crippen molar-refractivity contribution in [2.45, 2.75) is 31.8 Å². The van der Waals surface area contributed by atoms with Crippen LogP contribution in [-0.4, -0.2) is 38.9 Å². The van der Waals surface area contributed by atoms with Crippen LogP contribution in [0, 0.1) is 0 Å². The molecular formula is C9H20N2O. The van der Waals surface area contributed by atoms with E-state index in [4.69, 9.17) is 4.74 Å². The van der Waals surface area contributed by atoms with E-state index >= 15 is 0 Å². The number of hydrogen-bond donors (Lipinski definition) is 2. The van der Waals surface area contributed by atoms with Crippen LogP contribution in [-0.2, 0) is 4.74 Å². The van der Waals surface area contributed by atoms with Gasteiger partial charge in [0.1, 0.15) is 0 Å². The molecule has 0 aliphatic carbocycles. The van der Waals surface area contributed by atoms with E-state index in [-0.39, 0.29) is 0 Å². The summed E-state index contributed by atoms with van der Waals surface area (Å²) in [5.41, 5.74) is 0. The third-order valence-corrected chi connectivity index (χ3v) is 2.29. The molecule has 3 nitrogen and oxygen atoms in total. The molecular weight excluding hydrogens is 152 g/mol. The maximum absolute atomic E-state index is 5.04. The standard InChI is InChI=1S/C9H20N2O/c1-8(7-12-2)11-6-9-4-3-5-10-9/h8-11H,3-7H2,1-2H3. The zero-order chi connectivity index (χ0) is 8.81. The molecule has 0 amide bonds. The lowest BCUT2D eigenvalue weighted by Crippen LogP contribution is -2.40. The molecule has 0 saturated carbocycles. The molecule has 2 unspecified atom stereocenters. The van der Waals surface area contributed by atoms with Crippen molar-refractivity contribution in [3.63, 3.8) is 0 Å². The minimum absolute atomic E-state index is 0.470. The molecule has 2 atom stereocenters. The molecule has 1 saturated heterocycles. The van der Waals surface area contributed by atoms with Gasteiger partial charge in [0.25, 0.3) is 0 Å². The number of ether oxygens (including phenoxy) is 1. The third-order valence-electron chi connectivity index (χ3n) is 2.29. The van der Waals surface area contributed by atoms with Gasteiger partial charge in [0.05, 0.1) is 6.61 Å². The summed E-state index contributed by atoms with van der Waals surface area (Å²) in [6.45, 7) is 5.21. The third kappa shape index (κ3) is 3.52. The molecule has 0 aromatic carbocycles. The monoisotopic (exact) mass is 172 g/mol. The normalized spacial score (nSPS) is 26.0. The smallest absolute Gasteiger partial charge is 0.0613 e. The molecule has 1 rings (SSSR count). The Hall–Kier alpha value is -0.120. The molecule has 3 heteroatoms. The van der Waals surface area contributed by atoms with Crippen LogP contribution in [0.25, 0.3) is 0 Å². The van der Waals surface area contributed by atoms with Gasteiger partial charge in [-0.3, -0.25) is 0 Å². The average molecular weight is 172 g/mol. The summed E-state index contributed by atoms with van der Waals surface area (Å²) in [5, 5.41) is 6.89. The minimum atomic E-state index is 0.470. The van der Waals surface area contributed by atoms with Gasteiger partial charge in [-0.2, -0.15) is 0 Å². The first-order valence-corrected chi connectivity index (χ1v) is 4.78. The molecule has 0 bridgehead atoms. The molecule has 2 N–H and O–H groups in total. The number of hydrogen-bond acceptors (Lipinski definition) is 3. The van der Waals surface area contributed by atoms with E-state index in [2.05, 4.69) is 17.6 Å². The largest absolute Gasteiger partial charge is 0.383 e. The van der Waals surface area contributed by atoms with Crippen LogP contribution in [0.3, 0.4) is 0 Å². The van der Waals surface area contributed by atoms with Gasteiger partial charge in [-0.15, -0.1) is 0 Å². The fourth-order valence-electron chi connectivity index (χ4n) is 1.58. The SMILES string of the molecule is COCC(C)NCC1CCCN1. The highest BCUT2D eigenvalue weighted by Crippen LogP contribution is 2.03. The first-order valence-electron chi connectivity index (χ1n) is 4.78. The van der Waals surface area contributed by atoms with Crippen molar-refractivity contribution in [1.82, 2.24) is 10.6 Å². The molecule has 12 heavy (non-hydrogen) atoms. The van der Waals surface area contributed by atoms with Gasteiger partial charge >= 0.3 is 0 Å². The van der Waals surface area contributed by atoms with Crippen molar-refractivity contribution in [3.8, 4) is 0 Å². The lowest BCUT2D eigenvalue weighted by Gasteiger charge is -2.16. The van der Waals surface area contributed by atoms with E-state index in [0.29, 0.717) is 12.1 Å².